The summed E-state index contributed by atoms with van der Waals surface area (Å²) in [4.78, 5) is 35.4. The fourth-order valence-electron chi connectivity index (χ4n) is 1.50. The van der Waals surface area contributed by atoms with Gasteiger partial charge in [0.05, 0.1) is 6.54 Å². The predicted octanol–water partition coefficient (Wildman–Crippen LogP) is 0.576. The summed E-state index contributed by atoms with van der Waals surface area (Å²) in [5.41, 5.74) is 0. The van der Waals surface area contributed by atoms with E-state index in [4.69, 9.17) is 9.52 Å². The molecule has 2 amide bonds. The molecule has 0 aliphatic heterocycles. The lowest BCUT2D eigenvalue weighted by molar-refractivity contribution is -0.121. The van der Waals surface area contributed by atoms with Crippen molar-refractivity contribution in [3.63, 3.8) is 0 Å². The average Bonchev–Trinajstić information content (AvgIpc) is 2.86. The Bertz CT molecular complexity index is 480. The molecule has 1 aromatic rings. The first kappa shape index (κ1) is 14.7. The number of nitrogens with one attached hydrogen (secondary N) is 1. The number of carboxylic acids is 1. The zero-order valence-electron chi connectivity index (χ0n) is 10.8. The van der Waals surface area contributed by atoms with Gasteiger partial charge in [-0.15, -0.1) is 0 Å². The second-order valence-electron chi connectivity index (χ2n) is 3.87. The number of hydrogen-bond donors (Lipinski definition) is 2. The molecule has 0 radical (unpaired) electrons. The van der Waals surface area contributed by atoms with Gasteiger partial charge in [0, 0.05) is 13.6 Å². The molecule has 7 nitrogen and oxygen atoms in total. The molecule has 0 aliphatic carbocycles. The molecule has 1 rings (SSSR count). The van der Waals surface area contributed by atoms with Gasteiger partial charge in [0.2, 0.25) is 11.7 Å². The van der Waals surface area contributed by atoms with Crippen LogP contribution < -0.4 is 5.32 Å². The maximum atomic E-state index is 12.1. The SMILES string of the molecule is CCCN(CC(=O)NC)C(=O)c1ccc(C(=O)O)o1. The van der Waals surface area contributed by atoms with Crippen molar-refractivity contribution in [2.45, 2.75) is 13.3 Å². The molecule has 0 bridgehead atoms. The van der Waals surface area contributed by atoms with Gasteiger partial charge in [-0.3, -0.25) is 9.59 Å². The van der Waals surface area contributed by atoms with Crippen LogP contribution in [-0.2, 0) is 4.79 Å². The Morgan fingerprint density at radius 2 is 1.95 bits per heavy atom. The molecule has 7 heteroatoms. The Hall–Kier alpha value is -2.31. The topological polar surface area (TPSA) is 99.9 Å². The molecule has 2 N–H and O–H groups in total. The third-order valence-corrected chi connectivity index (χ3v) is 2.42. The fourth-order valence-corrected chi connectivity index (χ4v) is 1.50. The average molecular weight is 268 g/mol. The van der Waals surface area contributed by atoms with Crippen molar-refractivity contribution in [2.75, 3.05) is 20.1 Å². The zero-order chi connectivity index (χ0) is 14.4. The molecule has 1 heterocycles. The molecule has 1 aromatic heterocycles. The smallest absolute Gasteiger partial charge is 0.371 e. The van der Waals surface area contributed by atoms with Crippen molar-refractivity contribution in [3.05, 3.63) is 23.7 Å². The van der Waals surface area contributed by atoms with Gasteiger partial charge in [0.25, 0.3) is 5.91 Å². The van der Waals surface area contributed by atoms with Gasteiger partial charge in [-0.25, -0.2) is 4.79 Å². The normalized spacial score (nSPS) is 10.0. The van der Waals surface area contributed by atoms with Crippen LogP contribution >= 0.6 is 0 Å². The van der Waals surface area contributed by atoms with E-state index in [9.17, 15) is 14.4 Å². The summed E-state index contributed by atoms with van der Waals surface area (Å²) in [5.74, 6) is -2.44. The summed E-state index contributed by atoms with van der Waals surface area (Å²) in [5, 5.41) is 11.1. The van der Waals surface area contributed by atoms with Crippen LogP contribution in [0.5, 0.6) is 0 Å². The number of nitrogens with zero attached hydrogens (tertiary/aromatic N) is 1. The summed E-state index contributed by atoms with van der Waals surface area (Å²) in [7, 11) is 1.48. The molecule has 0 fully saturated rings. The van der Waals surface area contributed by atoms with Gasteiger partial charge in [-0.2, -0.15) is 0 Å². The maximum Gasteiger partial charge on any atom is 0.371 e. The predicted molar refractivity (Wildman–Crippen MR) is 65.9 cm³/mol. The van der Waals surface area contributed by atoms with E-state index in [-0.39, 0.29) is 24.0 Å². The van der Waals surface area contributed by atoms with Crippen LogP contribution in [0, 0.1) is 0 Å². The monoisotopic (exact) mass is 268 g/mol. The molecule has 0 aliphatic rings. The second-order valence-corrected chi connectivity index (χ2v) is 3.87. The maximum absolute atomic E-state index is 12.1. The largest absolute Gasteiger partial charge is 0.475 e. The molecule has 0 spiro atoms. The molecule has 19 heavy (non-hydrogen) atoms. The third-order valence-electron chi connectivity index (χ3n) is 2.42. The quantitative estimate of drug-likeness (QED) is 0.786. The Morgan fingerprint density at radius 3 is 2.42 bits per heavy atom. The molecular formula is C12H16N2O5. The second kappa shape index (κ2) is 6.58. The van der Waals surface area contributed by atoms with Gasteiger partial charge >= 0.3 is 5.97 Å². The Balaban J connectivity index is 2.85. The Kier molecular flexibility index (Phi) is 5.11. The van der Waals surface area contributed by atoms with E-state index in [0.29, 0.717) is 13.0 Å². The lowest BCUT2D eigenvalue weighted by atomic mass is 10.3. The first-order valence-corrected chi connectivity index (χ1v) is 5.82. The first-order chi connectivity index (χ1) is 8.99. The number of amides is 2. The van der Waals surface area contributed by atoms with Crippen molar-refractivity contribution in [3.8, 4) is 0 Å². The summed E-state index contributed by atoms with van der Waals surface area (Å²) in [6.45, 7) is 2.16. The highest BCUT2D eigenvalue weighted by molar-refractivity contribution is 5.95. The van der Waals surface area contributed by atoms with E-state index < -0.39 is 11.9 Å². The van der Waals surface area contributed by atoms with E-state index in [0.717, 1.165) is 0 Å². The van der Waals surface area contributed by atoms with E-state index in [1.54, 1.807) is 0 Å². The number of carbonyl (C=O) groups excluding carboxylic acids is 2. The molecular weight excluding hydrogens is 252 g/mol. The van der Waals surface area contributed by atoms with Crippen molar-refractivity contribution in [1.82, 2.24) is 10.2 Å². The molecule has 0 saturated carbocycles. The third kappa shape index (κ3) is 3.84. The standard InChI is InChI=1S/C12H16N2O5/c1-3-6-14(7-10(15)13-2)11(16)8-4-5-9(19-8)12(17)18/h4-5H,3,6-7H2,1-2H3,(H,13,15)(H,17,18). The highest BCUT2D eigenvalue weighted by Gasteiger charge is 2.22. The molecule has 0 saturated heterocycles. The van der Waals surface area contributed by atoms with Gasteiger partial charge in [-0.1, -0.05) is 6.92 Å². The van der Waals surface area contributed by atoms with Gasteiger partial charge in [-0.05, 0) is 18.6 Å². The number of likely N-dealkylation sites (N-methyl/N-ethyl adjacent to an activating group) is 1. The van der Waals surface area contributed by atoms with Gasteiger partial charge in [0.15, 0.2) is 5.76 Å². The minimum Gasteiger partial charge on any atom is -0.475 e. The molecule has 0 aromatic carbocycles. The number of rotatable bonds is 6. The van der Waals surface area contributed by atoms with Crippen LogP contribution in [-0.4, -0.2) is 47.9 Å². The number of aromatic carboxylic acids is 1. The molecule has 104 valence electrons. The highest BCUT2D eigenvalue weighted by Crippen LogP contribution is 2.11. The number of hydrogen-bond acceptors (Lipinski definition) is 4. The van der Waals surface area contributed by atoms with E-state index in [1.165, 1.54) is 24.1 Å². The number of furan rings is 1. The van der Waals surface area contributed by atoms with E-state index >= 15 is 0 Å². The minimum absolute atomic E-state index is 0.0882. The van der Waals surface area contributed by atoms with Crippen LogP contribution in [0.4, 0.5) is 0 Å². The Morgan fingerprint density at radius 1 is 1.32 bits per heavy atom. The van der Waals surface area contributed by atoms with Crippen molar-refractivity contribution in [2.24, 2.45) is 0 Å². The summed E-state index contributed by atoms with van der Waals surface area (Å²) < 4.78 is 4.93. The highest BCUT2D eigenvalue weighted by atomic mass is 16.4. The lowest BCUT2D eigenvalue weighted by Crippen LogP contribution is -2.39. The summed E-state index contributed by atoms with van der Waals surface area (Å²) in [6.07, 6.45) is 0.676. The fraction of sp³-hybridized carbons (Fsp3) is 0.417. The van der Waals surface area contributed by atoms with Gasteiger partial charge < -0.3 is 19.7 Å². The van der Waals surface area contributed by atoms with Crippen molar-refractivity contribution in [1.29, 1.82) is 0 Å². The van der Waals surface area contributed by atoms with Crippen LogP contribution in [0.15, 0.2) is 16.5 Å². The van der Waals surface area contributed by atoms with Crippen LogP contribution in [0.2, 0.25) is 0 Å². The number of carboxylic acid groups (broad SMARTS) is 1. The minimum atomic E-state index is -1.24. The zero-order valence-corrected chi connectivity index (χ0v) is 10.8. The lowest BCUT2D eigenvalue weighted by Gasteiger charge is -2.19. The molecule has 0 unspecified atom stereocenters. The van der Waals surface area contributed by atoms with Crippen LogP contribution in [0.1, 0.15) is 34.5 Å². The first-order valence-electron chi connectivity index (χ1n) is 5.82. The van der Waals surface area contributed by atoms with Crippen molar-refractivity contribution >= 4 is 17.8 Å². The molecule has 0 atom stereocenters. The Labute approximate surface area is 110 Å². The van der Waals surface area contributed by atoms with E-state index in [2.05, 4.69) is 5.32 Å². The van der Waals surface area contributed by atoms with Crippen LogP contribution in [0.25, 0.3) is 0 Å². The summed E-state index contributed by atoms with van der Waals surface area (Å²) >= 11 is 0. The van der Waals surface area contributed by atoms with Crippen molar-refractivity contribution < 1.29 is 23.9 Å². The van der Waals surface area contributed by atoms with E-state index in [1.807, 2.05) is 6.92 Å². The number of carbonyl (C=O) groups is 3. The van der Waals surface area contributed by atoms with Gasteiger partial charge in [0.1, 0.15) is 0 Å². The summed E-state index contributed by atoms with van der Waals surface area (Å²) in [6, 6.07) is 2.50. The van der Waals surface area contributed by atoms with Crippen LogP contribution in [0.3, 0.4) is 0 Å².